The van der Waals surface area contributed by atoms with Crippen molar-refractivity contribution in [3.8, 4) is 0 Å². The molecule has 3 aliphatic rings. The van der Waals surface area contributed by atoms with E-state index in [0.29, 0.717) is 5.92 Å². The lowest BCUT2D eigenvalue weighted by atomic mass is 9.92. The van der Waals surface area contributed by atoms with Crippen molar-refractivity contribution in [3.05, 3.63) is 12.2 Å². The van der Waals surface area contributed by atoms with Gasteiger partial charge in [0.2, 0.25) is 5.91 Å². The molecular formula is C13H17NO4. The number of rotatable bonds is 2. The molecule has 18 heavy (non-hydrogen) atoms. The number of likely N-dealkylation sites (tertiary alicyclic amines) is 1. The molecule has 2 N–H and O–H groups in total. The van der Waals surface area contributed by atoms with Crippen LogP contribution in [0.15, 0.2) is 12.2 Å². The number of aliphatic hydroxyl groups is 1. The van der Waals surface area contributed by atoms with Crippen LogP contribution in [0.2, 0.25) is 0 Å². The zero-order chi connectivity index (χ0) is 12.9. The van der Waals surface area contributed by atoms with Gasteiger partial charge in [0.15, 0.2) is 0 Å². The number of carboxylic acid groups (broad SMARTS) is 1. The largest absolute Gasteiger partial charge is 0.480 e. The summed E-state index contributed by atoms with van der Waals surface area (Å²) in [6, 6.07) is -0.851. The first-order chi connectivity index (χ1) is 8.56. The SMILES string of the molecule is O=C(O)[C@H]1C[C@@H](O)CN1C(=O)C1CC2C=CC1C2. The van der Waals surface area contributed by atoms with Gasteiger partial charge in [0.25, 0.3) is 0 Å². The summed E-state index contributed by atoms with van der Waals surface area (Å²) in [5, 5.41) is 18.7. The van der Waals surface area contributed by atoms with E-state index >= 15 is 0 Å². The number of carbonyl (C=O) groups is 2. The highest BCUT2D eigenvalue weighted by atomic mass is 16.4. The summed E-state index contributed by atoms with van der Waals surface area (Å²) in [6.07, 6.45) is 5.53. The summed E-state index contributed by atoms with van der Waals surface area (Å²) < 4.78 is 0. The number of amides is 1. The van der Waals surface area contributed by atoms with Crippen molar-refractivity contribution < 1.29 is 19.8 Å². The van der Waals surface area contributed by atoms with Crippen molar-refractivity contribution in [2.24, 2.45) is 17.8 Å². The lowest BCUT2D eigenvalue weighted by Crippen LogP contribution is -2.44. The molecule has 2 aliphatic carbocycles. The second kappa shape index (κ2) is 4.09. The summed E-state index contributed by atoms with van der Waals surface area (Å²) in [7, 11) is 0. The molecule has 1 amide bonds. The number of nitrogens with zero attached hydrogens (tertiary/aromatic N) is 1. The fourth-order valence-corrected chi connectivity index (χ4v) is 3.57. The van der Waals surface area contributed by atoms with Gasteiger partial charge in [-0.1, -0.05) is 12.2 Å². The third kappa shape index (κ3) is 1.73. The first-order valence-corrected chi connectivity index (χ1v) is 6.46. The summed E-state index contributed by atoms with van der Waals surface area (Å²) in [4.78, 5) is 24.9. The maximum Gasteiger partial charge on any atom is 0.326 e. The van der Waals surface area contributed by atoms with Gasteiger partial charge in [0.05, 0.1) is 6.10 Å². The Bertz CT molecular complexity index is 419. The minimum absolute atomic E-state index is 0.0767. The topological polar surface area (TPSA) is 77.8 Å². The summed E-state index contributed by atoms with van der Waals surface area (Å²) in [5.41, 5.74) is 0. The quantitative estimate of drug-likeness (QED) is 0.689. The Balaban J connectivity index is 1.76. The first kappa shape index (κ1) is 11.7. The lowest BCUT2D eigenvalue weighted by Gasteiger charge is -2.27. The normalized spacial score (nSPS) is 41.6. The van der Waals surface area contributed by atoms with Gasteiger partial charge in [-0.25, -0.2) is 4.79 Å². The van der Waals surface area contributed by atoms with Crippen LogP contribution in [-0.2, 0) is 9.59 Å². The van der Waals surface area contributed by atoms with Gasteiger partial charge in [0.1, 0.15) is 6.04 Å². The van der Waals surface area contributed by atoms with Crippen LogP contribution in [0, 0.1) is 17.8 Å². The predicted octanol–water partition coefficient (Wildman–Crippen LogP) is 0.245. The lowest BCUT2D eigenvalue weighted by molar-refractivity contribution is -0.150. The predicted molar refractivity (Wildman–Crippen MR) is 62.6 cm³/mol. The molecule has 5 heteroatoms. The molecule has 3 unspecified atom stereocenters. The summed E-state index contributed by atoms with van der Waals surface area (Å²) in [5.74, 6) is -0.420. The van der Waals surface area contributed by atoms with Gasteiger partial charge in [-0.2, -0.15) is 0 Å². The molecule has 0 aromatic carbocycles. The number of carboxylic acids is 1. The van der Waals surface area contributed by atoms with Crippen molar-refractivity contribution >= 4 is 11.9 Å². The molecule has 0 spiro atoms. The molecule has 1 saturated carbocycles. The minimum Gasteiger partial charge on any atom is -0.480 e. The van der Waals surface area contributed by atoms with Crippen LogP contribution in [0.3, 0.4) is 0 Å². The van der Waals surface area contributed by atoms with E-state index in [2.05, 4.69) is 12.2 Å². The van der Waals surface area contributed by atoms with Gasteiger partial charge in [0, 0.05) is 18.9 Å². The van der Waals surface area contributed by atoms with Crippen LogP contribution in [-0.4, -0.2) is 45.7 Å². The van der Waals surface area contributed by atoms with Gasteiger partial charge in [-0.05, 0) is 24.7 Å². The maximum absolute atomic E-state index is 12.4. The number of hydrogen-bond donors (Lipinski definition) is 2. The molecular weight excluding hydrogens is 234 g/mol. The summed E-state index contributed by atoms with van der Waals surface area (Å²) in [6.45, 7) is 0.160. The highest BCUT2D eigenvalue weighted by Gasteiger charge is 2.46. The number of hydrogen-bond acceptors (Lipinski definition) is 3. The van der Waals surface area contributed by atoms with Crippen LogP contribution < -0.4 is 0 Å². The number of fused-ring (bicyclic) bond motifs is 2. The number of allylic oxidation sites excluding steroid dienone is 2. The second-order valence-electron chi connectivity index (χ2n) is 5.62. The third-order valence-corrected chi connectivity index (χ3v) is 4.44. The molecule has 5 atom stereocenters. The maximum atomic E-state index is 12.4. The Labute approximate surface area is 105 Å². The van der Waals surface area contributed by atoms with Gasteiger partial charge in [-0.15, -0.1) is 0 Å². The Morgan fingerprint density at radius 2 is 1.94 bits per heavy atom. The van der Waals surface area contributed by atoms with Crippen molar-refractivity contribution in [3.63, 3.8) is 0 Å². The summed E-state index contributed by atoms with van der Waals surface area (Å²) >= 11 is 0. The van der Waals surface area contributed by atoms with Crippen molar-refractivity contribution in [2.45, 2.75) is 31.4 Å². The number of aliphatic carboxylic acids is 1. The molecule has 0 aromatic heterocycles. The molecule has 5 nitrogen and oxygen atoms in total. The highest BCUT2D eigenvalue weighted by molar-refractivity contribution is 5.86. The van der Waals surface area contributed by atoms with Gasteiger partial charge >= 0.3 is 5.97 Å². The Morgan fingerprint density at radius 1 is 1.17 bits per heavy atom. The van der Waals surface area contributed by atoms with E-state index in [1.165, 1.54) is 4.90 Å². The molecule has 98 valence electrons. The molecule has 0 aromatic rings. The first-order valence-electron chi connectivity index (χ1n) is 6.46. The Kier molecular flexibility index (Phi) is 2.66. The molecule has 0 radical (unpaired) electrons. The van der Waals surface area contributed by atoms with Crippen LogP contribution >= 0.6 is 0 Å². The molecule has 1 heterocycles. The third-order valence-electron chi connectivity index (χ3n) is 4.44. The highest BCUT2D eigenvalue weighted by Crippen LogP contribution is 2.44. The number of aliphatic hydroxyl groups excluding tert-OH is 1. The number of β-amino-alcohol motifs (C(OH)–C–C–N with tert-alkyl or cyclic N) is 1. The Morgan fingerprint density at radius 3 is 2.50 bits per heavy atom. The standard InChI is InChI=1S/C13H17NO4/c15-9-5-11(13(17)18)14(6-9)12(16)10-4-7-1-2-8(10)3-7/h1-2,7-11,15H,3-6H2,(H,17,18)/t7?,8?,9-,10?,11-/m1/s1. The fourth-order valence-electron chi connectivity index (χ4n) is 3.57. The van der Waals surface area contributed by atoms with Gasteiger partial charge < -0.3 is 15.1 Å². The fraction of sp³-hybridized carbons (Fsp3) is 0.692. The molecule has 2 fully saturated rings. The van der Waals surface area contributed by atoms with E-state index in [1.807, 2.05) is 0 Å². The molecule has 3 rings (SSSR count). The van der Waals surface area contributed by atoms with E-state index < -0.39 is 18.1 Å². The second-order valence-corrected chi connectivity index (χ2v) is 5.62. The van der Waals surface area contributed by atoms with Gasteiger partial charge in [-0.3, -0.25) is 4.79 Å². The van der Waals surface area contributed by atoms with Crippen LogP contribution in [0.4, 0.5) is 0 Å². The van der Waals surface area contributed by atoms with Crippen molar-refractivity contribution in [1.82, 2.24) is 4.90 Å². The zero-order valence-electron chi connectivity index (χ0n) is 10.0. The van der Waals surface area contributed by atoms with E-state index in [1.54, 1.807) is 0 Å². The average Bonchev–Trinajstić information content (AvgIpc) is 3.01. The van der Waals surface area contributed by atoms with E-state index in [-0.39, 0.29) is 30.7 Å². The molecule has 2 bridgehead atoms. The zero-order valence-corrected chi connectivity index (χ0v) is 10.0. The Hall–Kier alpha value is -1.36. The van der Waals surface area contributed by atoms with E-state index in [4.69, 9.17) is 5.11 Å². The van der Waals surface area contributed by atoms with Crippen LogP contribution in [0.1, 0.15) is 19.3 Å². The van der Waals surface area contributed by atoms with E-state index in [9.17, 15) is 14.7 Å². The average molecular weight is 251 g/mol. The molecule has 1 aliphatic heterocycles. The van der Waals surface area contributed by atoms with Crippen molar-refractivity contribution in [2.75, 3.05) is 6.54 Å². The van der Waals surface area contributed by atoms with E-state index in [0.717, 1.165) is 12.8 Å². The number of carbonyl (C=O) groups excluding carboxylic acids is 1. The monoisotopic (exact) mass is 251 g/mol. The minimum atomic E-state index is -1.02. The van der Waals surface area contributed by atoms with Crippen LogP contribution in [0.25, 0.3) is 0 Å². The molecule has 1 saturated heterocycles. The smallest absolute Gasteiger partial charge is 0.326 e. The van der Waals surface area contributed by atoms with Crippen molar-refractivity contribution in [1.29, 1.82) is 0 Å². The van der Waals surface area contributed by atoms with Crippen LogP contribution in [0.5, 0.6) is 0 Å².